The number of primary sulfonamides is 1. The molecule has 0 bridgehead atoms. The molecule has 30 heavy (non-hydrogen) atoms. The third-order valence-corrected chi connectivity index (χ3v) is 5.54. The van der Waals surface area contributed by atoms with E-state index in [1.807, 2.05) is 4.90 Å². The van der Waals surface area contributed by atoms with Gasteiger partial charge in [0, 0.05) is 25.3 Å². The van der Waals surface area contributed by atoms with Crippen LogP contribution in [0.25, 0.3) is 0 Å². The number of carbonyl (C=O) groups is 1. The molecule has 0 atom stereocenters. The summed E-state index contributed by atoms with van der Waals surface area (Å²) < 4.78 is 66.7. The Bertz CT molecular complexity index is 1020. The van der Waals surface area contributed by atoms with Gasteiger partial charge in [0.05, 0.1) is 29.2 Å². The summed E-state index contributed by atoms with van der Waals surface area (Å²) in [4.78, 5) is 14.5. The quantitative estimate of drug-likeness (QED) is 0.737. The number of ether oxygens (including phenoxy) is 1. The van der Waals surface area contributed by atoms with Gasteiger partial charge in [0.15, 0.2) is 0 Å². The van der Waals surface area contributed by atoms with Gasteiger partial charge in [-0.2, -0.15) is 13.2 Å². The Labute approximate surface area is 171 Å². The fourth-order valence-corrected chi connectivity index (χ4v) is 3.58. The largest absolute Gasteiger partial charge is 0.416 e. The van der Waals surface area contributed by atoms with Crippen molar-refractivity contribution in [2.75, 3.05) is 31.2 Å². The van der Waals surface area contributed by atoms with Crippen molar-refractivity contribution >= 4 is 21.6 Å². The Kier molecular flexibility index (Phi) is 6.34. The number of benzene rings is 2. The lowest BCUT2D eigenvalue weighted by Crippen LogP contribution is -2.38. The number of carbonyl (C=O) groups excluding carboxylic acids is 1. The van der Waals surface area contributed by atoms with Crippen LogP contribution < -0.4 is 15.4 Å². The Morgan fingerprint density at radius 1 is 1.10 bits per heavy atom. The highest BCUT2D eigenvalue weighted by molar-refractivity contribution is 7.89. The van der Waals surface area contributed by atoms with Crippen molar-refractivity contribution in [3.05, 3.63) is 59.2 Å². The highest BCUT2D eigenvalue weighted by atomic mass is 32.2. The maximum Gasteiger partial charge on any atom is 0.416 e. The van der Waals surface area contributed by atoms with Gasteiger partial charge in [0.1, 0.15) is 0 Å². The van der Waals surface area contributed by atoms with Crippen LogP contribution >= 0.6 is 0 Å². The number of hydrogen-bond donors (Lipinski definition) is 2. The highest BCUT2D eigenvalue weighted by Gasteiger charge is 2.30. The van der Waals surface area contributed by atoms with Gasteiger partial charge in [-0.1, -0.05) is 12.1 Å². The maximum absolute atomic E-state index is 12.8. The van der Waals surface area contributed by atoms with Crippen LogP contribution in [0.1, 0.15) is 21.5 Å². The van der Waals surface area contributed by atoms with Crippen molar-refractivity contribution in [1.82, 2.24) is 5.32 Å². The molecule has 1 saturated heterocycles. The van der Waals surface area contributed by atoms with Gasteiger partial charge >= 0.3 is 6.18 Å². The molecule has 0 aromatic heterocycles. The number of rotatable bonds is 5. The Morgan fingerprint density at radius 2 is 1.73 bits per heavy atom. The third-order valence-electron chi connectivity index (χ3n) is 4.63. The molecule has 7 nitrogen and oxygen atoms in total. The number of morpholine rings is 1. The summed E-state index contributed by atoms with van der Waals surface area (Å²) in [5.74, 6) is -0.568. The summed E-state index contributed by atoms with van der Waals surface area (Å²) in [7, 11) is -4.02. The van der Waals surface area contributed by atoms with E-state index < -0.39 is 27.7 Å². The molecule has 1 fully saturated rings. The summed E-state index contributed by atoms with van der Waals surface area (Å²) in [6.45, 7) is 1.94. The molecule has 11 heteroatoms. The normalized spacial score (nSPS) is 15.1. The van der Waals surface area contributed by atoms with Crippen molar-refractivity contribution in [2.45, 2.75) is 17.6 Å². The van der Waals surface area contributed by atoms with Crippen LogP contribution in [0.2, 0.25) is 0 Å². The number of nitrogens with zero attached hydrogens (tertiary/aromatic N) is 1. The van der Waals surface area contributed by atoms with Gasteiger partial charge in [-0.3, -0.25) is 4.79 Å². The molecule has 162 valence electrons. The van der Waals surface area contributed by atoms with E-state index >= 15 is 0 Å². The van der Waals surface area contributed by atoms with E-state index in [2.05, 4.69) is 5.32 Å². The van der Waals surface area contributed by atoms with Crippen molar-refractivity contribution in [2.24, 2.45) is 5.14 Å². The first-order chi connectivity index (χ1) is 14.1. The maximum atomic E-state index is 12.8. The predicted octanol–water partition coefficient (Wildman–Crippen LogP) is 2.12. The standard InChI is InChI=1S/C19H20F3N3O4S/c20-19(21,22)14-3-1-13(2-4-14)12-24-18(26)16-11-15(30(23,27)28)5-6-17(16)25-7-9-29-10-8-25/h1-6,11H,7-10,12H2,(H,24,26)(H2,23,27,28). The van der Waals surface area contributed by atoms with Crippen molar-refractivity contribution < 1.29 is 31.1 Å². The molecular formula is C19H20F3N3O4S. The lowest BCUT2D eigenvalue weighted by molar-refractivity contribution is -0.137. The number of nitrogens with two attached hydrogens (primary N) is 1. The first-order valence-electron chi connectivity index (χ1n) is 8.99. The second kappa shape index (κ2) is 8.62. The summed E-state index contributed by atoms with van der Waals surface area (Å²) in [5, 5.41) is 7.80. The van der Waals surface area contributed by atoms with E-state index in [1.165, 1.54) is 30.3 Å². The predicted molar refractivity (Wildman–Crippen MR) is 103 cm³/mol. The number of anilines is 1. The Morgan fingerprint density at radius 3 is 2.30 bits per heavy atom. The topological polar surface area (TPSA) is 102 Å². The highest BCUT2D eigenvalue weighted by Crippen LogP contribution is 2.29. The van der Waals surface area contributed by atoms with E-state index in [9.17, 15) is 26.4 Å². The fourth-order valence-electron chi connectivity index (χ4n) is 3.04. The number of halogens is 3. The van der Waals surface area contributed by atoms with Gasteiger partial charge in [-0.15, -0.1) is 0 Å². The molecule has 0 spiro atoms. The zero-order valence-electron chi connectivity index (χ0n) is 15.8. The van der Waals surface area contributed by atoms with Gasteiger partial charge in [-0.25, -0.2) is 13.6 Å². The minimum Gasteiger partial charge on any atom is -0.378 e. The Balaban J connectivity index is 1.82. The first kappa shape index (κ1) is 22.1. The summed E-state index contributed by atoms with van der Waals surface area (Å²) in [6, 6.07) is 8.44. The number of nitrogens with one attached hydrogen (secondary N) is 1. The van der Waals surface area contributed by atoms with Crippen molar-refractivity contribution in [3.63, 3.8) is 0 Å². The van der Waals surface area contributed by atoms with Gasteiger partial charge in [-0.05, 0) is 35.9 Å². The number of sulfonamides is 1. The number of alkyl halides is 3. The lowest BCUT2D eigenvalue weighted by atomic mass is 10.1. The van der Waals surface area contributed by atoms with E-state index in [1.54, 1.807) is 0 Å². The molecule has 3 rings (SSSR count). The second-order valence-electron chi connectivity index (χ2n) is 6.70. The molecule has 1 amide bonds. The van der Waals surface area contributed by atoms with Crippen LogP contribution in [-0.2, 0) is 27.5 Å². The minimum atomic E-state index is -4.44. The molecule has 1 aliphatic heterocycles. The molecule has 3 N–H and O–H groups in total. The SMILES string of the molecule is NS(=O)(=O)c1ccc(N2CCOCC2)c(C(=O)NCc2ccc(C(F)(F)F)cc2)c1. The molecular weight excluding hydrogens is 423 g/mol. The summed E-state index contributed by atoms with van der Waals surface area (Å²) >= 11 is 0. The first-order valence-corrected chi connectivity index (χ1v) is 10.5. The molecule has 0 aliphatic carbocycles. The summed E-state index contributed by atoms with van der Waals surface area (Å²) in [5.41, 5.74) is 0.311. The van der Waals surface area contributed by atoms with Crippen LogP contribution in [0.5, 0.6) is 0 Å². The van der Waals surface area contributed by atoms with E-state index in [4.69, 9.17) is 9.88 Å². The average Bonchev–Trinajstić information content (AvgIpc) is 2.71. The monoisotopic (exact) mass is 443 g/mol. The fraction of sp³-hybridized carbons (Fsp3) is 0.316. The van der Waals surface area contributed by atoms with Crippen LogP contribution in [0.3, 0.4) is 0 Å². The van der Waals surface area contributed by atoms with Crippen molar-refractivity contribution in [3.8, 4) is 0 Å². The van der Waals surface area contributed by atoms with Crippen molar-refractivity contribution in [1.29, 1.82) is 0 Å². The second-order valence-corrected chi connectivity index (χ2v) is 8.26. The Hall–Kier alpha value is -2.63. The average molecular weight is 443 g/mol. The molecule has 1 heterocycles. The van der Waals surface area contributed by atoms with Crippen LogP contribution in [0.4, 0.5) is 18.9 Å². The molecule has 0 radical (unpaired) electrons. The van der Waals surface area contributed by atoms with Crippen LogP contribution in [0, 0.1) is 0 Å². The molecule has 2 aromatic carbocycles. The summed E-state index contributed by atoms with van der Waals surface area (Å²) in [6.07, 6.45) is -4.44. The van der Waals surface area contributed by atoms with E-state index in [-0.39, 0.29) is 17.0 Å². The minimum absolute atomic E-state index is 0.0286. The van der Waals surface area contributed by atoms with Gasteiger partial charge in [0.2, 0.25) is 10.0 Å². The number of amides is 1. The van der Waals surface area contributed by atoms with Crippen LogP contribution in [-0.4, -0.2) is 40.6 Å². The zero-order chi connectivity index (χ0) is 21.9. The zero-order valence-corrected chi connectivity index (χ0v) is 16.6. The van der Waals surface area contributed by atoms with Gasteiger partial charge in [0.25, 0.3) is 5.91 Å². The van der Waals surface area contributed by atoms with Crippen LogP contribution in [0.15, 0.2) is 47.4 Å². The van der Waals surface area contributed by atoms with E-state index in [0.29, 0.717) is 37.6 Å². The molecule has 1 aliphatic rings. The molecule has 0 unspecified atom stereocenters. The van der Waals surface area contributed by atoms with E-state index in [0.717, 1.165) is 12.1 Å². The molecule has 0 saturated carbocycles. The lowest BCUT2D eigenvalue weighted by Gasteiger charge is -2.30. The number of hydrogen-bond acceptors (Lipinski definition) is 5. The van der Waals surface area contributed by atoms with Gasteiger partial charge < -0.3 is 15.0 Å². The third kappa shape index (κ3) is 5.29. The smallest absolute Gasteiger partial charge is 0.378 e. The molecule has 2 aromatic rings.